The van der Waals surface area contributed by atoms with Gasteiger partial charge in [0.15, 0.2) is 5.96 Å². The molecule has 0 bridgehead atoms. The molecule has 1 saturated carbocycles. The summed E-state index contributed by atoms with van der Waals surface area (Å²) >= 11 is 1.83. The molecule has 1 aliphatic heterocycles. The minimum absolute atomic E-state index is 0. The summed E-state index contributed by atoms with van der Waals surface area (Å²) in [5.41, 5.74) is 0. The number of halogens is 1. The van der Waals surface area contributed by atoms with Crippen molar-refractivity contribution in [1.29, 1.82) is 0 Å². The maximum absolute atomic E-state index is 4.86. The Morgan fingerprint density at radius 3 is 2.59 bits per heavy atom. The number of guanidine groups is 1. The molecule has 2 fully saturated rings. The quantitative estimate of drug-likeness (QED) is 0.332. The Balaban J connectivity index is 0.00000261. The fourth-order valence-corrected chi connectivity index (χ4v) is 5.04. The van der Waals surface area contributed by atoms with Gasteiger partial charge in [0.25, 0.3) is 0 Å². The van der Waals surface area contributed by atoms with Crippen LogP contribution in [0.2, 0.25) is 0 Å². The minimum atomic E-state index is 0. The molecule has 0 amide bonds. The van der Waals surface area contributed by atoms with E-state index in [1.165, 1.54) is 62.9 Å². The fourth-order valence-electron chi connectivity index (χ4n) is 4.26. The summed E-state index contributed by atoms with van der Waals surface area (Å²) in [6, 6.07) is 5.76. The number of thiophene rings is 1. The topological polar surface area (TPSA) is 39.7 Å². The average molecular weight is 505 g/mol. The molecule has 6 heteroatoms. The Bertz CT molecular complexity index is 534. The molecule has 0 radical (unpaired) electrons. The Morgan fingerprint density at radius 1 is 1.22 bits per heavy atom. The second kappa shape index (κ2) is 12.3. The van der Waals surface area contributed by atoms with E-state index in [0.717, 1.165) is 25.1 Å². The zero-order valence-electron chi connectivity index (χ0n) is 17.0. The molecule has 4 nitrogen and oxygen atoms in total. The molecule has 3 rings (SSSR count). The summed E-state index contributed by atoms with van der Waals surface area (Å²) in [5, 5.41) is 9.28. The maximum Gasteiger partial charge on any atom is 0.191 e. The molecule has 0 spiro atoms. The number of hydrogen-bond acceptors (Lipinski definition) is 3. The standard InChI is InChI=1S/C21H36N4S.HI/c1-3-22-21(23-16-17(2)20-10-7-15-26-20)24-18-11-13-25(14-12-18)19-8-5-4-6-9-19;/h7,10,15,17-19H,3-6,8-9,11-14,16H2,1-2H3,(H2,22,23,24);1H. The van der Waals surface area contributed by atoms with Crippen molar-refractivity contribution in [2.45, 2.75) is 76.8 Å². The summed E-state index contributed by atoms with van der Waals surface area (Å²) in [6.45, 7) is 8.66. The van der Waals surface area contributed by atoms with E-state index in [9.17, 15) is 0 Å². The van der Waals surface area contributed by atoms with E-state index in [1.54, 1.807) is 0 Å². The second-order valence-corrected chi connectivity index (χ2v) is 8.86. The first-order chi connectivity index (χ1) is 12.8. The monoisotopic (exact) mass is 504 g/mol. The first-order valence-corrected chi connectivity index (χ1v) is 11.5. The molecule has 2 N–H and O–H groups in total. The maximum atomic E-state index is 4.86. The summed E-state index contributed by atoms with van der Waals surface area (Å²) in [7, 11) is 0. The van der Waals surface area contributed by atoms with Gasteiger partial charge in [-0.05, 0) is 44.1 Å². The third-order valence-corrected chi connectivity index (χ3v) is 6.96. The van der Waals surface area contributed by atoms with Gasteiger partial charge in [-0.15, -0.1) is 35.3 Å². The predicted octanol–water partition coefficient (Wildman–Crippen LogP) is 4.82. The fraction of sp³-hybridized carbons (Fsp3) is 0.762. The highest BCUT2D eigenvalue weighted by molar-refractivity contribution is 14.0. The number of nitrogens with zero attached hydrogens (tertiary/aromatic N) is 2. The lowest BCUT2D eigenvalue weighted by Crippen LogP contribution is -2.51. The van der Waals surface area contributed by atoms with Gasteiger partial charge >= 0.3 is 0 Å². The van der Waals surface area contributed by atoms with Crippen LogP contribution in [-0.2, 0) is 0 Å². The van der Waals surface area contributed by atoms with Crippen LogP contribution < -0.4 is 10.6 Å². The van der Waals surface area contributed by atoms with Gasteiger partial charge in [0.05, 0.1) is 6.54 Å². The van der Waals surface area contributed by atoms with Crippen molar-refractivity contribution in [1.82, 2.24) is 15.5 Å². The molecule has 2 heterocycles. The zero-order valence-corrected chi connectivity index (χ0v) is 20.1. The van der Waals surface area contributed by atoms with E-state index in [4.69, 9.17) is 4.99 Å². The third-order valence-electron chi connectivity index (χ3n) is 5.86. The van der Waals surface area contributed by atoms with E-state index in [2.05, 4.69) is 46.9 Å². The number of aliphatic imine (C=N–C) groups is 1. The van der Waals surface area contributed by atoms with Crippen molar-refractivity contribution in [2.75, 3.05) is 26.2 Å². The molecule has 1 aliphatic carbocycles. The van der Waals surface area contributed by atoms with Crippen LogP contribution in [0.1, 0.15) is 69.6 Å². The van der Waals surface area contributed by atoms with Gasteiger partial charge in [-0.2, -0.15) is 0 Å². The number of hydrogen-bond donors (Lipinski definition) is 2. The van der Waals surface area contributed by atoms with Crippen molar-refractivity contribution < 1.29 is 0 Å². The molecule has 1 aromatic heterocycles. The van der Waals surface area contributed by atoms with Gasteiger partial charge in [-0.25, -0.2) is 0 Å². The van der Waals surface area contributed by atoms with E-state index < -0.39 is 0 Å². The highest BCUT2D eigenvalue weighted by Crippen LogP contribution is 2.25. The van der Waals surface area contributed by atoms with Gasteiger partial charge in [0, 0.05) is 42.5 Å². The van der Waals surface area contributed by atoms with Crippen molar-refractivity contribution in [3.8, 4) is 0 Å². The van der Waals surface area contributed by atoms with E-state index in [1.807, 2.05) is 11.3 Å². The van der Waals surface area contributed by atoms with Gasteiger partial charge in [-0.1, -0.05) is 32.3 Å². The minimum Gasteiger partial charge on any atom is -0.357 e. The molecule has 0 aromatic carbocycles. The molecular formula is C21H37IN4S. The Morgan fingerprint density at radius 2 is 1.96 bits per heavy atom. The highest BCUT2D eigenvalue weighted by atomic mass is 127. The van der Waals surface area contributed by atoms with Gasteiger partial charge in [0.1, 0.15) is 0 Å². The summed E-state index contributed by atoms with van der Waals surface area (Å²) in [6.07, 6.45) is 9.63. The molecule has 1 unspecified atom stereocenters. The normalized spacial score (nSPS) is 21.5. The molecule has 1 aromatic rings. The number of piperidine rings is 1. The van der Waals surface area contributed by atoms with Crippen molar-refractivity contribution >= 4 is 41.3 Å². The predicted molar refractivity (Wildman–Crippen MR) is 129 cm³/mol. The molecular weight excluding hydrogens is 467 g/mol. The van der Waals surface area contributed by atoms with Crippen LogP contribution >= 0.6 is 35.3 Å². The van der Waals surface area contributed by atoms with Gasteiger partial charge < -0.3 is 15.5 Å². The van der Waals surface area contributed by atoms with Crippen LogP contribution in [0.25, 0.3) is 0 Å². The Kier molecular flexibility index (Phi) is 10.4. The van der Waals surface area contributed by atoms with Crippen LogP contribution in [0.5, 0.6) is 0 Å². The van der Waals surface area contributed by atoms with Crippen LogP contribution in [0.4, 0.5) is 0 Å². The van der Waals surface area contributed by atoms with Gasteiger partial charge in [-0.3, -0.25) is 4.99 Å². The van der Waals surface area contributed by atoms with E-state index in [0.29, 0.717) is 12.0 Å². The SMILES string of the molecule is CCNC(=NCC(C)c1cccs1)NC1CCN(C2CCCCC2)CC1.I. The summed E-state index contributed by atoms with van der Waals surface area (Å²) in [4.78, 5) is 9.03. The molecule has 2 aliphatic rings. The highest BCUT2D eigenvalue weighted by Gasteiger charge is 2.26. The van der Waals surface area contributed by atoms with Crippen molar-refractivity contribution in [3.05, 3.63) is 22.4 Å². The third kappa shape index (κ3) is 7.20. The molecule has 154 valence electrons. The first kappa shape index (κ1) is 22.9. The van der Waals surface area contributed by atoms with Crippen LogP contribution in [0, 0.1) is 0 Å². The van der Waals surface area contributed by atoms with Gasteiger partial charge in [0.2, 0.25) is 0 Å². The number of rotatable bonds is 6. The Labute approximate surface area is 186 Å². The van der Waals surface area contributed by atoms with Crippen LogP contribution in [-0.4, -0.2) is 49.1 Å². The smallest absolute Gasteiger partial charge is 0.191 e. The lowest BCUT2D eigenvalue weighted by atomic mass is 9.92. The molecule has 1 atom stereocenters. The zero-order chi connectivity index (χ0) is 18.2. The second-order valence-electron chi connectivity index (χ2n) is 7.88. The number of likely N-dealkylation sites (tertiary alicyclic amines) is 1. The molecule has 1 saturated heterocycles. The van der Waals surface area contributed by atoms with Crippen molar-refractivity contribution in [2.24, 2.45) is 4.99 Å². The summed E-state index contributed by atoms with van der Waals surface area (Å²) < 4.78 is 0. The lowest BCUT2D eigenvalue weighted by Gasteiger charge is -2.39. The lowest BCUT2D eigenvalue weighted by molar-refractivity contribution is 0.119. The van der Waals surface area contributed by atoms with Crippen LogP contribution in [0.3, 0.4) is 0 Å². The Hall–Kier alpha value is -0.340. The largest absolute Gasteiger partial charge is 0.357 e. The average Bonchev–Trinajstić information content (AvgIpc) is 3.22. The van der Waals surface area contributed by atoms with Crippen molar-refractivity contribution in [3.63, 3.8) is 0 Å². The molecule has 27 heavy (non-hydrogen) atoms. The first-order valence-electron chi connectivity index (χ1n) is 10.6. The number of nitrogens with one attached hydrogen (secondary N) is 2. The summed E-state index contributed by atoms with van der Waals surface area (Å²) in [5.74, 6) is 1.48. The van der Waals surface area contributed by atoms with Crippen LogP contribution in [0.15, 0.2) is 22.5 Å². The van der Waals surface area contributed by atoms with E-state index in [-0.39, 0.29) is 24.0 Å². The van der Waals surface area contributed by atoms with E-state index >= 15 is 0 Å².